The number of rotatable bonds is 2. The molecule has 6 nitrogen and oxygen atoms in total. The van der Waals surface area contributed by atoms with Gasteiger partial charge in [0.15, 0.2) is 5.76 Å². The van der Waals surface area contributed by atoms with Crippen LogP contribution in [0.25, 0.3) is 22.1 Å². The van der Waals surface area contributed by atoms with Gasteiger partial charge in [0.2, 0.25) is 0 Å². The minimum atomic E-state index is -0.571. The molecule has 0 aliphatic carbocycles. The molecule has 0 unspecified atom stereocenters. The van der Waals surface area contributed by atoms with Crippen LogP contribution in [0.5, 0.6) is 0 Å². The van der Waals surface area contributed by atoms with Crippen LogP contribution in [0.15, 0.2) is 39.6 Å². The van der Waals surface area contributed by atoms with Crippen molar-refractivity contribution in [3.05, 3.63) is 42.2 Å². The zero-order valence-electron chi connectivity index (χ0n) is 14.6. The highest BCUT2D eigenvalue weighted by Gasteiger charge is 2.16. The Hall–Kier alpha value is -3.27. The second kappa shape index (κ2) is 6.92. The monoisotopic (exact) mass is 356 g/mol. The number of carbonyl (C=O) groups excluding carboxylic acids is 1. The van der Waals surface area contributed by atoms with Crippen LogP contribution in [0.3, 0.4) is 0 Å². The van der Waals surface area contributed by atoms with E-state index in [9.17, 15) is 9.18 Å². The molecular weight excluding hydrogens is 339 g/mol. The fourth-order valence-corrected chi connectivity index (χ4v) is 2.33. The Kier molecular flexibility index (Phi) is 4.67. The summed E-state index contributed by atoms with van der Waals surface area (Å²) in [5.41, 5.74) is 0.776. The first kappa shape index (κ1) is 17.5. The number of nitrogens with one attached hydrogen (secondary N) is 1. The van der Waals surface area contributed by atoms with Gasteiger partial charge in [-0.3, -0.25) is 0 Å². The van der Waals surface area contributed by atoms with Gasteiger partial charge in [0.05, 0.1) is 12.7 Å². The summed E-state index contributed by atoms with van der Waals surface area (Å²) >= 11 is 0. The highest BCUT2D eigenvalue weighted by atomic mass is 19.1. The maximum atomic E-state index is 14.2. The van der Waals surface area contributed by atoms with Crippen molar-refractivity contribution in [1.82, 2.24) is 10.5 Å². The Morgan fingerprint density at radius 2 is 2.19 bits per heavy atom. The smallest absolute Gasteiger partial charge is 0.408 e. The molecule has 1 aromatic carbocycles. The molecule has 2 heterocycles. The molecule has 134 valence electrons. The van der Waals surface area contributed by atoms with Crippen molar-refractivity contribution < 1.29 is 22.9 Å². The number of alkyl carbamates (subject to hydrolysis) is 1. The summed E-state index contributed by atoms with van der Waals surface area (Å²) in [7, 11) is 0. The molecule has 0 fully saturated rings. The predicted molar refractivity (Wildman–Crippen MR) is 92.8 cm³/mol. The molecule has 7 heteroatoms. The van der Waals surface area contributed by atoms with Crippen LogP contribution in [-0.4, -0.2) is 23.4 Å². The van der Waals surface area contributed by atoms with Crippen molar-refractivity contribution in [2.45, 2.75) is 26.4 Å². The van der Waals surface area contributed by atoms with Gasteiger partial charge in [-0.05, 0) is 38.8 Å². The predicted octanol–water partition coefficient (Wildman–Crippen LogP) is 4.10. The molecule has 0 saturated carbocycles. The number of amides is 1. The number of carbonyl (C=O) groups is 1. The van der Waals surface area contributed by atoms with Gasteiger partial charge < -0.3 is 19.0 Å². The molecular formula is C19H17FN2O4. The summed E-state index contributed by atoms with van der Waals surface area (Å²) in [6.45, 7) is 5.43. The number of furan rings is 1. The Bertz CT molecular complexity index is 988. The third kappa shape index (κ3) is 4.03. The van der Waals surface area contributed by atoms with Crippen molar-refractivity contribution >= 4 is 17.1 Å². The number of fused-ring (bicyclic) bond motifs is 1. The quantitative estimate of drug-likeness (QED) is 0.700. The molecule has 3 rings (SSSR count). The standard InChI is InChI=1S/C19H17FN2O4/c1-19(2,3)26-18(23)21-8-4-5-13-9-14-16(25-13)7-6-15(20)17(14)12-10-22-24-11-12/h6-7,9-11H,8H2,1-3H3,(H,21,23). The molecule has 0 spiro atoms. The van der Waals surface area contributed by atoms with E-state index in [1.54, 1.807) is 26.8 Å². The van der Waals surface area contributed by atoms with Gasteiger partial charge in [-0.15, -0.1) is 0 Å². The van der Waals surface area contributed by atoms with E-state index in [1.165, 1.54) is 24.6 Å². The molecule has 3 aromatic rings. The minimum absolute atomic E-state index is 0.0961. The number of ether oxygens (including phenoxy) is 1. The first-order chi connectivity index (χ1) is 12.3. The number of nitrogens with zero attached hydrogens (tertiary/aromatic N) is 1. The van der Waals surface area contributed by atoms with Gasteiger partial charge in [-0.1, -0.05) is 11.1 Å². The summed E-state index contributed by atoms with van der Waals surface area (Å²) in [4.78, 5) is 11.5. The van der Waals surface area contributed by atoms with E-state index in [2.05, 4.69) is 22.3 Å². The lowest BCUT2D eigenvalue weighted by Crippen LogP contribution is -2.32. The molecule has 0 saturated heterocycles. The highest BCUT2D eigenvalue weighted by Crippen LogP contribution is 2.33. The maximum Gasteiger partial charge on any atom is 0.408 e. The number of halogens is 1. The second-order valence-electron chi connectivity index (χ2n) is 6.52. The summed E-state index contributed by atoms with van der Waals surface area (Å²) in [6.07, 6.45) is 2.25. The van der Waals surface area contributed by atoms with Crippen LogP contribution in [0, 0.1) is 17.7 Å². The summed E-state index contributed by atoms with van der Waals surface area (Å²) in [6, 6.07) is 4.49. The lowest BCUT2D eigenvalue weighted by atomic mass is 10.0. The normalized spacial score (nSPS) is 11.1. The van der Waals surface area contributed by atoms with Crippen molar-refractivity contribution in [3.63, 3.8) is 0 Å². The molecule has 1 N–H and O–H groups in total. The lowest BCUT2D eigenvalue weighted by Gasteiger charge is -2.18. The molecule has 0 aliphatic rings. The van der Waals surface area contributed by atoms with Gasteiger partial charge in [-0.2, -0.15) is 0 Å². The van der Waals surface area contributed by atoms with Crippen molar-refractivity contribution in [2.75, 3.05) is 6.54 Å². The van der Waals surface area contributed by atoms with Crippen LogP contribution in [-0.2, 0) is 4.74 Å². The molecule has 1 amide bonds. The zero-order valence-corrected chi connectivity index (χ0v) is 14.6. The van der Waals surface area contributed by atoms with Crippen LogP contribution in [0.1, 0.15) is 26.5 Å². The average molecular weight is 356 g/mol. The molecule has 0 radical (unpaired) electrons. The van der Waals surface area contributed by atoms with Gasteiger partial charge in [0.1, 0.15) is 23.3 Å². The van der Waals surface area contributed by atoms with E-state index < -0.39 is 17.5 Å². The molecule has 0 aliphatic heterocycles. The first-order valence-corrected chi connectivity index (χ1v) is 7.91. The van der Waals surface area contributed by atoms with E-state index in [0.717, 1.165) is 0 Å². The van der Waals surface area contributed by atoms with Gasteiger partial charge >= 0.3 is 6.09 Å². The zero-order chi connectivity index (χ0) is 18.7. The van der Waals surface area contributed by atoms with Gasteiger partial charge in [0.25, 0.3) is 0 Å². The van der Waals surface area contributed by atoms with Gasteiger partial charge in [-0.25, -0.2) is 9.18 Å². The van der Waals surface area contributed by atoms with Crippen molar-refractivity contribution in [3.8, 4) is 23.0 Å². The Labute approximate surface area is 149 Å². The SMILES string of the molecule is CC(C)(C)OC(=O)NCC#Cc1cc2c(-c3cnoc3)c(F)ccc2o1. The highest BCUT2D eigenvalue weighted by molar-refractivity contribution is 5.94. The third-order valence-corrected chi connectivity index (χ3v) is 3.30. The molecule has 0 bridgehead atoms. The minimum Gasteiger partial charge on any atom is -0.448 e. The molecule has 2 aromatic heterocycles. The Morgan fingerprint density at radius 3 is 2.88 bits per heavy atom. The molecule has 26 heavy (non-hydrogen) atoms. The first-order valence-electron chi connectivity index (χ1n) is 7.91. The fourth-order valence-electron chi connectivity index (χ4n) is 2.33. The van der Waals surface area contributed by atoms with Crippen molar-refractivity contribution in [1.29, 1.82) is 0 Å². The maximum absolute atomic E-state index is 14.2. The van der Waals surface area contributed by atoms with E-state index in [1.807, 2.05) is 0 Å². The van der Waals surface area contributed by atoms with E-state index in [-0.39, 0.29) is 6.54 Å². The summed E-state index contributed by atoms with van der Waals surface area (Å²) in [5, 5.41) is 6.70. The third-order valence-electron chi connectivity index (χ3n) is 3.30. The van der Waals surface area contributed by atoms with Crippen LogP contribution in [0.2, 0.25) is 0 Å². The number of hydrogen-bond donors (Lipinski definition) is 1. The summed E-state index contributed by atoms with van der Waals surface area (Å²) < 4.78 is 29.7. The van der Waals surface area contributed by atoms with E-state index in [4.69, 9.17) is 13.7 Å². The Balaban J connectivity index is 1.77. The fraction of sp³-hybridized carbons (Fsp3) is 0.263. The van der Waals surface area contributed by atoms with Gasteiger partial charge in [0, 0.05) is 22.6 Å². The van der Waals surface area contributed by atoms with Crippen LogP contribution < -0.4 is 5.32 Å². The average Bonchev–Trinajstić information content (AvgIpc) is 3.19. The summed E-state index contributed by atoms with van der Waals surface area (Å²) in [5.74, 6) is 5.51. The Morgan fingerprint density at radius 1 is 1.38 bits per heavy atom. The largest absolute Gasteiger partial charge is 0.448 e. The number of aromatic nitrogens is 1. The van der Waals surface area contributed by atoms with E-state index in [0.29, 0.717) is 27.9 Å². The molecule has 0 atom stereocenters. The second-order valence-corrected chi connectivity index (χ2v) is 6.52. The number of hydrogen-bond acceptors (Lipinski definition) is 5. The van der Waals surface area contributed by atoms with E-state index >= 15 is 0 Å². The van der Waals surface area contributed by atoms with Crippen molar-refractivity contribution in [2.24, 2.45) is 0 Å². The van der Waals surface area contributed by atoms with Crippen LogP contribution in [0.4, 0.5) is 9.18 Å². The topological polar surface area (TPSA) is 77.5 Å². The number of benzene rings is 1. The van der Waals surface area contributed by atoms with Crippen LogP contribution >= 0.6 is 0 Å². The lowest BCUT2D eigenvalue weighted by molar-refractivity contribution is 0.0535.